The summed E-state index contributed by atoms with van der Waals surface area (Å²) in [4.78, 5) is 11.6. The normalized spacial score (nSPS) is 10.8. The van der Waals surface area contributed by atoms with Crippen LogP contribution in [0.25, 0.3) is 17.2 Å². The van der Waals surface area contributed by atoms with Crippen molar-refractivity contribution in [3.8, 4) is 17.2 Å². The van der Waals surface area contributed by atoms with E-state index in [1.54, 1.807) is 6.20 Å². The molecular formula is C25H21N5. The Hall–Kier alpha value is -4.12. The van der Waals surface area contributed by atoms with E-state index in [0.29, 0.717) is 0 Å². The minimum atomic E-state index is 0.836. The van der Waals surface area contributed by atoms with Gasteiger partial charge in [0.25, 0.3) is 0 Å². The fourth-order valence-corrected chi connectivity index (χ4v) is 3.57. The number of pyridine rings is 1. The van der Waals surface area contributed by atoms with Gasteiger partial charge in [0.1, 0.15) is 11.5 Å². The lowest BCUT2D eigenvalue weighted by Crippen LogP contribution is -2.12. The Morgan fingerprint density at radius 1 is 0.733 bits per heavy atom. The van der Waals surface area contributed by atoms with Crippen LogP contribution in [0.4, 0.5) is 17.2 Å². The van der Waals surface area contributed by atoms with E-state index in [4.69, 9.17) is 4.98 Å². The van der Waals surface area contributed by atoms with Gasteiger partial charge in [0, 0.05) is 48.9 Å². The molecule has 0 amide bonds. The third-order valence-electron chi connectivity index (χ3n) is 5.02. The summed E-state index contributed by atoms with van der Waals surface area (Å²) in [7, 11) is 1.98. The van der Waals surface area contributed by atoms with Crippen molar-refractivity contribution < 1.29 is 0 Å². The van der Waals surface area contributed by atoms with Crippen LogP contribution in [0.1, 0.15) is 0 Å². The van der Waals surface area contributed by atoms with Gasteiger partial charge in [-0.1, -0.05) is 30.3 Å². The molecule has 0 aliphatic heterocycles. The molecule has 0 aliphatic rings. The van der Waals surface area contributed by atoms with E-state index in [-0.39, 0.29) is 0 Å². The molecule has 0 bridgehead atoms. The molecule has 5 rings (SSSR count). The van der Waals surface area contributed by atoms with Crippen molar-refractivity contribution in [2.24, 2.45) is 7.05 Å². The van der Waals surface area contributed by atoms with E-state index in [2.05, 4.69) is 50.8 Å². The zero-order valence-corrected chi connectivity index (χ0v) is 16.6. The van der Waals surface area contributed by atoms with Crippen molar-refractivity contribution in [2.75, 3.05) is 4.90 Å². The van der Waals surface area contributed by atoms with Crippen molar-refractivity contribution in [1.29, 1.82) is 0 Å². The van der Waals surface area contributed by atoms with Gasteiger partial charge in [-0.2, -0.15) is 0 Å². The summed E-state index contributed by atoms with van der Waals surface area (Å²) >= 11 is 0. The molecule has 0 aliphatic carbocycles. The topological polar surface area (TPSA) is 38.9 Å². The number of nitrogens with zero attached hydrogens (tertiary/aromatic N) is 5. The summed E-state index contributed by atoms with van der Waals surface area (Å²) in [5, 5.41) is 0. The van der Waals surface area contributed by atoms with Crippen LogP contribution in [-0.2, 0) is 7.05 Å². The van der Waals surface area contributed by atoms with E-state index < -0.39 is 0 Å². The molecule has 0 N–H and O–H groups in total. The van der Waals surface area contributed by atoms with Crippen LogP contribution in [0.15, 0.2) is 110 Å². The molecule has 146 valence electrons. The lowest BCUT2D eigenvalue weighted by molar-refractivity contribution is 0.917. The first-order chi connectivity index (χ1) is 14.8. The molecule has 5 nitrogen and oxygen atoms in total. The molecule has 0 atom stereocenters. The number of imidazole rings is 1. The van der Waals surface area contributed by atoms with E-state index in [0.717, 1.165) is 34.4 Å². The lowest BCUT2D eigenvalue weighted by Gasteiger charge is -2.25. The van der Waals surface area contributed by atoms with Crippen LogP contribution in [0, 0.1) is 0 Å². The maximum atomic E-state index is 4.96. The SMILES string of the molecule is Cn1ccnc1-c1cccc(N(c2ccccc2)c2cccc(-n3cccc3)c2)n1. The zero-order valence-electron chi connectivity index (χ0n) is 16.6. The van der Waals surface area contributed by atoms with E-state index in [9.17, 15) is 0 Å². The summed E-state index contributed by atoms with van der Waals surface area (Å²) in [5.41, 5.74) is 4.02. The number of benzene rings is 2. The first kappa shape index (κ1) is 17.9. The van der Waals surface area contributed by atoms with Crippen LogP contribution < -0.4 is 4.90 Å². The second kappa shape index (κ2) is 7.72. The summed E-state index contributed by atoms with van der Waals surface area (Å²) in [6.07, 6.45) is 7.82. The van der Waals surface area contributed by atoms with Gasteiger partial charge < -0.3 is 9.13 Å². The fourth-order valence-electron chi connectivity index (χ4n) is 3.57. The number of rotatable bonds is 5. The summed E-state index contributed by atoms with van der Waals surface area (Å²) in [6, 6.07) is 28.8. The molecule has 0 spiro atoms. The highest BCUT2D eigenvalue weighted by Gasteiger charge is 2.16. The summed E-state index contributed by atoms with van der Waals surface area (Å²) in [5.74, 6) is 1.68. The zero-order chi connectivity index (χ0) is 20.3. The third kappa shape index (κ3) is 3.37. The largest absolute Gasteiger partial charge is 0.333 e. The Morgan fingerprint density at radius 3 is 2.27 bits per heavy atom. The Bertz CT molecular complexity index is 1260. The number of aryl methyl sites for hydroxylation is 1. The Morgan fingerprint density at radius 2 is 1.50 bits per heavy atom. The Labute approximate surface area is 175 Å². The second-order valence-corrected chi connectivity index (χ2v) is 7.02. The second-order valence-electron chi connectivity index (χ2n) is 7.02. The van der Waals surface area contributed by atoms with Gasteiger partial charge in [0.15, 0.2) is 5.82 Å². The van der Waals surface area contributed by atoms with Gasteiger partial charge in [-0.25, -0.2) is 9.97 Å². The van der Waals surface area contributed by atoms with Crippen LogP contribution in [0.5, 0.6) is 0 Å². The molecule has 5 aromatic rings. The fraction of sp³-hybridized carbons (Fsp3) is 0.0400. The third-order valence-corrected chi connectivity index (χ3v) is 5.02. The predicted molar refractivity (Wildman–Crippen MR) is 120 cm³/mol. The van der Waals surface area contributed by atoms with Crippen LogP contribution in [0.3, 0.4) is 0 Å². The van der Waals surface area contributed by atoms with Gasteiger partial charge in [-0.15, -0.1) is 0 Å². The number of hydrogen-bond donors (Lipinski definition) is 0. The summed E-state index contributed by atoms with van der Waals surface area (Å²) < 4.78 is 4.08. The number of hydrogen-bond acceptors (Lipinski definition) is 3. The van der Waals surface area contributed by atoms with E-state index in [1.807, 2.05) is 78.7 Å². The van der Waals surface area contributed by atoms with E-state index in [1.165, 1.54) is 0 Å². The quantitative estimate of drug-likeness (QED) is 0.383. The van der Waals surface area contributed by atoms with Crippen LogP contribution in [-0.4, -0.2) is 19.1 Å². The number of para-hydroxylation sites is 1. The van der Waals surface area contributed by atoms with Gasteiger partial charge in [-0.3, -0.25) is 4.90 Å². The molecule has 2 aromatic carbocycles. The highest BCUT2D eigenvalue weighted by Crippen LogP contribution is 2.34. The average molecular weight is 391 g/mol. The van der Waals surface area contributed by atoms with Crippen molar-refractivity contribution in [2.45, 2.75) is 0 Å². The smallest absolute Gasteiger partial charge is 0.158 e. The molecule has 3 heterocycles. The molecule has 5 heteroatoms. The first-order valence-electron chi connectivity index (χ1n) is 9.83. The molecular weight excluding hydrogens is 370 g/mol. The number of anilines is 3. The molecule has 0 radical (unpaired) electrons. The van der Waals surface area contributed by atoms with Crippen molar-refractivity contribution >= 4 is 17.2 Å². The van der Waals surface area contributed by atoms with Crippen LogP contribution >= 0.6 is 0 Å². The highest BCUT2D eigenvalue weighted by atomic mass is 15.2. The summed E-state index contributed by atoms with van der Waals surface area (Å²) in [6.45, 7) is 0. The van der Waals surface area contributed by atoms with Gasteiger partial charge in [0.2, 0.25) is 0 Å². The molecule has 0 unspecified atom stereocenters. The van der Waals surface area contributed by atoms with Gasteiger partial charge in [-0.05, 0) is 54.6 Å². The molecule has 3 aromatic heterocycles. The molecule has 0 fully saturated rings. The maximum absolute atomic E-state index is 4.96. The lowest BCUT2D eigenvalue weighted by atomic mass is 10.2. The van der Waals surface area contributed by atoms with Gasteiger partial charge in [0.05, 0.1) is 0 Å². The minimum absolute atomic E-state index is 0.836. The molecule has 0 saturated carbocycles. The van der Waals surface area contributed by atoms with Crippen molar-refractivity contribution in [3.05, 3.63) is 110 Å². The predicted octanol–water partition coefficient (Wildman–Crippen LogP) is 5.74. The van der Waals surface area contributed by atoms with Crippen LogP contribution in [0.2, 0.25) is 0 Å². The average Bonchev–Trinajstić information content (AvgIpc) is 3.47. The number of aromatic nitrogens is 4. The monoisotopic (exact) mass is 391 g/mol. The molecule has 30 heavy (non-hydrogen) atoms. The highest BCUT2D eigenvalue weighted by molar-refractivity contribution is 5.76. The van der Waals surface area contributed by atoms with Crippen molar-refractivity contribution in [1.82, 2.24) is 19.1 Å². The Balaban J connectivity index is 1.65. The van der Waals surface area contributed by atoms with E-state index >= 15 is 0 Å². The standard InChI is InChI=1S/C25H21N5/c1-28-18-15-26-25(28)23-13-8-14-24(27-23)30(20-9-3-2-4-10-20)22-12-7-11-21(19-22)29-16-5-6-17-29/h2-19H,1H3. The maximum Gasteiger partial charge on any atom is 0.158 e. The Kier molecular flexibility index (Phi) is 4.62. The first-order valence-corrected chi connectivity index (χ1v) is 9.83. The van der Waals surface area contributed by atoms with Gasteiger partial charge >= 0.3 is 0 Å². The van der Waals surface area contributed by atoms with Crippen molar-refractivity contribution in [3.63, 3.8) is 0 Å². The molecule has 0 saturated heterocycles. The minimum Gasteiger partial charge on any atom is -0.333 e.